The van der Waals surface area contributed by atoms with Crippen molar-refractivity contribution in [3.63, 3.8) is 0 Å². The third-order valence-electron chi connectivity index (χ3n) is 2.29. The zero-order chi connectivity index (χ0) is 13.2. The zero-order valence-corrected chi connectivity index (χ0v) is 8.65. The number of aliphatic hydroxyl groups excluding tert-OH is 3. The molecule has 17 heavy (non-hydrogen) atoms. The molecule has 0 radical (unpaired) electrons. The van der Waals surface area contributed by atoms with Crippen LogP contribution in [0.15, 0.2) is 18.2 Å². The molecule has 96 valence electrons. The molecule has 0 aliphatic carbocycles. The third kappa shape index (κ3) is 2.87. The Morgan fingerprint density at radius 1 is 1.24 bits per heavy atom. The predicted octanol–water partition coefficient (Wildman–Crippen LogP) is 0.674. The topological polar surface area (TPSA) is 86.7 Å². The highest BCUT2D eigenvalue weighted by atomic mass is 19.4. The van der Waals surface area contributed by atoms with Crippen LogP contribution in [-0.4, -0.2) is 28.0 Å². The van der Waals surface area contributed by atoms with Gasteiger partial charge in [-0.05, 0) is 12.1 Å². The second-order valence-corrected chi connectivity index (χ2v) is 3.50. The van der Waals surface area contributed by atoms with Crippen LogP contribution >= 0.6 is 0 Å². The summed E-state index contributed by atoms with van der Waals surface area (Å²) in [5, 5.41) is 27.3. The number of anilines is 1. The summed E-state index contributed by atoms with van der Waals surface area (Å²) in [7, 11) is 0. The van der Waals surface area contributed by atoms with Crippen LogP contribution in [0.4, 0.5) is 18.9 Å². The smallest absolute Gasteiger partial charge is 0.398 e. The lowest BCUT2D eigenvalue weighted by Crippen LogP contribution is -2.25. The van der Waals surface area contributed by atoms with Gasteiger partial charge in [-0.25, -0.2) is 0 Å². The van der Waals surface area contributed by atoms with Crippen molar-refractivity contribution in [2.24, 2.45) is 0 Å². The van der Waals surface area contributed by atoms with Crippen LogP contribution in [0.5, 0.6) is 0 Å². The van der Waals surface area contributed by atoms with Crippen molar-refractivity contribution in [3.8, 4) is 0 Å². The molecule has 1 aromatic carbocycles. The molecular formula is C10H12F3NO3. The van der Waals surface area contributed by atoms with Crippen LogP contribution in [0.1, 0.15) is 17.2 Å². The molecular weight excluding hydrogens is 239 g/mol. The van der Waals surface area contributed by atoms with E-state index < -0.39 is 36.1 Å². The van der Waals surface area contributed by atoms with E-state index in [0.29, 0.717) is 0 Å². The number of benzene rings is 1. The van der Waals surface area contributed by atoms with Crippen molar-refractivity contribution in [3.05, 3.63) is 29.3 Å². The van der Waals surface area contributed by atoms with E-state index in [0.717, 1.165) is 12.1 Å². The first kappa shape index (κ1) is 13.8. The predicted molar refractivity (Wildman–Crippen MR) is 53.9 cm³/mol. The average molecular weight is 251 g/mol. The van der Waals surface area contributed by atoms with E-state index >= 15 is 0 Å². The van der Waals surface area contributed by atoms with Crippen molar-refractivity contribution in [1.29, 1.82) is 0 Å². The average Bonchev–Trinajstić information content (AvgIpc) is 2.25. The fourth-order valence-electron chi connectivity index (χ4n) is 1.45. The van der Waals surface area contributed by atoms with Crippen LogP contribution in [-0.2, 0) is 6.18 Å². The molecule has 4 nitrogen and oxygen atoms in total. The van der Waals surface area contributed by atoms with Gasteiger partial charge in [-0.3, -0.25) is 0 Å². The molecule has 0 aliphatic heterocycles. The second-order valence-electron chi connectivity index (χ2n) is 3.50. The third-order valence-corrected chi connectivity index (χ3v) is 2.29. The van der Waals surface area contributed by atoms with Crippen molar-refractivity contribution < 1.29 is 28.5 Å². The zero-order valence-electron chi connectivity index (χ0n) is 8.65. The lowest BCUT2D eigenvalue weighted by molar-refractivity contribution is -0.140. The normalized spacial score (nSPS) is 15.6. The summed E-state index contributed by atoms with van der Waals surface area (Å²) in [6, 6.07) is 3.02. The summed E-state index contributed by atoms with van der Waals surface area (Å²) in [5.74, 6) is 0. The lowest BCUT2D eigenvalue weighted by atomic mass is 9.96. The first-order valence-corrected chi connectivity index (χ1v) is 4.71. The van der Waals surface area contributed by atoms with E-state index in [9.17, 15) is 23.4 Å². The summed E-state index contributed by atoms with van der Waals surface area (Å²) in [6.45, 7) is -0.868. The molecule has 0 bridgehead atoms. The monoisotopic (exact) mass is 251 g/mol. The number of nitrogen functional groups attached to an aromatic ring is 1. The second kappa shape index (κ2) is 4.91. The standard InChI is InChI=1S/C10H12F3NO3/c11-10(12,13)5-2-1-3-6(14)8(5)9(17)7(16)4-15/h1-3,7,9,15-17H,4,14H2. The maximum absolute atomic E-state index is 12.6. The first-order valence-electron chi connectivity index (χ1n) is 4.71. The molecule has 0 aromatic heterocycles. The minimum Gasteiger partial charge on any atom is -0.398 e. The molecule has 0 spiro atoms. The van der Waals surface area contributed by atoms with Crippen LogP contribution in [0, 0.1) is 0 Å². The van der Waals surface area contributed by atoms with Gasteiger partial charge in [0.15, 0.2) is 0 Å². The van der Waals surface area contributed by atoms with Crippen molar-refractivity contribution in [1.82, 2.24) is 0 Å². The number of hydrogen-bond acceptors (Lipinski definition) is 4. The molecule has 0 amide bonds. The van der Waals surface area contributed by atoms with Gasteiger partial charge >= 0.3 is 6.18 Å². The number of rotatable bonds is 3. The Morgan fingerprint density at radius 2 is 1.82 bits per heavy atom. The Bertz CT molecular complexity index is 395. The molecule has 0 fully saturated rings. The van der Waals surface area contributed by atoms with Gasteiger partial charge in [-0.1, -0.05) is 6.07 Å². The Hall–Kier alpha value is -1.31. The van der Waals surface area contributed by atoms with Gasteiger partial charge in [-0.2, -0.15) is 13.2 Å². The Balaban J connectivity index is 3.30. The summed E-state index contributed by atoms with van der Waals surface area (Å²) >= 11 is 0. The van der Waals surface area contributed by atoms with Crippen LogP contribution in [0.25, 0.3) is 0 Å². The largest absolute Gasteiger partial charge is 0.416 e. The Kier molecular flexibility index (Phi) is 3.97. The van der Waals surface area contributed by atoms with Crippen LogP contribution in [0.3, 0.4) is 0 Å². The fourth-order valence-corrected chi connectivity index (χ4v) is 1.45. The molecule has 1 rings (SSSR count). The van der Waals surface area contributed by atoms with Gasteiger partial charge in [0.2, 0.25) is 0 Å². The summed E-state index contributed by atoms with van der Waals surface area (Å²) < 4.78 is 37.9. The van der Waals surface area contributed by atoms with Gasteiger partial charge in [0, 0.05) is 11.3 Å². The lowest BCUT2D eigenvalue weighted by Gasteiger charge is -2.22. The van der Waals surface area contributed by atoms with Crippen LogP contribution < -0.4 is 5.73 Å². The van der Waals surface area contributed by atoms with Gasteiger partial charge in [0.1, 0.15) is 12.2 Å². The van der Waals surface area contributed by atoms with Crippen LogP contribution in [0.2, 0.25) is 0 Å². The van der Waals surface area contributed by atoms with Gasteiger partial charge < -0.3 is 21.1 Å². The Morgan fingerprint density at radius 3 is 2.29 bits per heavy atom. The summed E-state index contributed by atoms with van der Waals surface area (Å²) in [6.07, 6.45) is -8.31. The number of hydrogen-bond donors (Lipinski definition) is 4. The molecule has 0 aliphatic rings. The minimum atomic E-state index is -4.69. The van der Waals surface area contributed by atoms with Crippen molar-refractivity contribution in [2.75, 3.05) is 12.3 Å². The van der Waals surface area contributed by atoms with E-state index in [1.807, 2.05) is 0 Å². The highest BCUT2D eigenvalue weighted by Crippen LogP contribution is 2.38. The maximum atomic E-state index is 12.6. The molecule has 5 N–H and O–H groups in total. The number of alkyl halides is 3. The van der Waals surface area contributed by atoms with Crippen molar-refractivity contribution in [2.45, 2.75) is 18.4 Å². The minimum absolute atomic E-state index is 0.292. The maximum Gasteiger partial charge on any atom is 0.416 e. The Labute approximate surface area is 95.1 Å². The van der Waals surface area contributed by atoms with E-state index in [1.54, 1.807) is 0 Å². The van der Waals surface area contributed by atoms with E-state index in [1.165, 1.54) is 6.07 Å². The molecule has 0 saturated heterocycles. The molecule has 2 unspecified atom stereocenters. The van der Waals surface area contributed by atoms with Gasteiger partial charge in [-0.15, -0.1) is 0 Å². The summed E-state index contributed by atoms with van der Waals surface area (Å²) in [5.41, 5.74) is 3.32. The van der Waals surface area contributed by atoms with Gasteiger partial charge in [0.05, 0.1) is 12.2 Å². The number of aliphatic hydroxyl groups is 3. The first-order chi connectivity index (χ1) is 7.79. The molecule has 1 aromatic rings. The van der Waals surface area contributed by atoms with E-state index in [-0.39, 0.29) is 5.69 Å². The molecule has 2 atom stereocenters. The molecule has 0 heterocycles. The number of halogens is 3. The molecule has 7 heteroatoms. The number of nitrogens with two attached hydrogens (primary N) is 1. The quantitative estimate of drug-likeness (QED) is 0.595. The highest BCUT2D eigenvalue weighted by Gasteiger charge is 2.37. The molecule has 0 saturated carbocycles. The van der Waals surface area contributed by atoms with E-state index in [2.05, 4.69) is 0 Å². The van der Waals surface area contributed by atoms with E-state index in [4.69, 9.17) is 10.8 Å². The summed E-state index contributed by atoms with van der Waals surface area (Å²) in [4.78, 5) is 0. The van der Waals surface area contributed by atoms with Crippen molar-refractivity contribution >= 4 is 5.69 Å². The SMILES string of the molecule is Nc1cccc(C(F)(F)F)c1C(O)C(O)CO. The van der Waals surface area contributed by atoms with Gasteiger partial charge in [0.25, 0.3) is 0 Å². The highest BCUT2D eigenvalue weighted by molar-refractivity contribution is 5.53. The fraction of sp³-hybridized carbons (Fsp3) is 0.400.